The summed E-state index contributed by atoms with van der Waals surface area (Å²) in [6.45, 7) is 3.31. The van der Waals surface area contributed by atoms with Crippen molar-refractivity contribution in [3.8, 4) is 0 Å². The van der Waals surface area contributed by atoms with Gasteiger partial charge in [-0.2, -0.15) is 0 Å². The van der Waals surface area contributed by atoms with Crippen molar-refractivity contribution >= 4 is 0 Å². The normalized spacial score (nSPS) is 57.2. The van der Waals surface area contributed by atoms with E-state index in [1.807, 2.05) is 0 Å². The van der Waals surface area contributed by atoms with Crippen molar-refractivity contribution in [3.63, 3.8) is 0 Å². The summed E-state index contributed by atoms with van der Waals surface area (Å²) < 4.78 is 5.74. The molecule has 2 aliphatic carbocycles. The standard InChI is InChI=1S/C11H18O/c1-7-4-10-8-2-3-9(5-8)11(10)6-12-7/h7-11H,2-6H2,1H3. The smallest absolute Gasteiger partial charge is 0.0550 e. The molecule has 5 unspecified atom stereocenters. The monoisotopic (exact) mass is 166 g/mol. The minimum atomic E-state index is 0.547. The number of fused-ring (bicyclic) bond motifs is 5. The maximum Gasteiger partial charge on any atom is 0.0550 e. The first-order valence-corrected chi connectivity index (χ1v) is 5.46. The molecule has 0 aromatic carbocycles. The summed E-state index contributed by atoms with van der Waals surface area (Å²) in [7, 11) is 0. The van der Waals surface area contributed by atoms with Gasteiger partial charge in [-0.15, -0.1) is 0 Å². The molecule has 1 heteroatoms. The molecule has 2 saturated carbocycles. The molecule has 0 spiro atoms. The lowest BCUT2D eigenvalue weighted by molar-refractivity contribution is -0.0544. The Labute approximate surface area is 74.5 Å². The first-order chi connectivity index (χ1) is 5.84. The van der Waals surface area contributed by atoms with E-state index in [-0.39, 0.29) is 0 Å². The molecule has 1 saturated heterocycles. The SMILES string of the molecule is CC1CC2C3CCC(C3)C2CO1. The van der Waals surface area contributed by atoms with Crippen LogP contribution in [0.3, 0.4) is 0 Å². The Hall–Kier alpha value is -0.0400. The maximum absolute atomic E-state index is 5.74. The molecule has 1 heterocycles. The van der Waals surface area contributed by atoms with Crippen molar-refractivity contribution in [3.05, 3.63) is 0 Å². The third kappa shape index (κ3) is 0.891. The lowest BCUT2D eigenvalue weighted by Crippen LogP contribution is -2.35. The third-order valence-electron chi connectivity index (χ3n) is 4.45. The Bertz CT molecular complexity index is 189. The molecule has 3 aliphatic rings. The van der Waals surface area contributed by atoms with Gasteiger partial charge in [0.15, 0.2) is 0 Å². The molecular formula is C11H18O. The van der Waals surface area contributed by atoms with Gasteiger partial charge in [0.1, 0.15) is 0 Å². The number of hydrogen-bond donors (Lipinski definition) is 0. The highest BCUT2D eigenvalue weighted by Crippen LogP contribution is 2.55. The highest BCUT2D eigenvalue weighted by Gasteiger charge is 2.49. The average Bonchev–Trinajstić information content (AvgIpc) is 2.63. The fraction of sp³-hybridized carbons (Fsp3) is 1.00. The molecule has 68 valence electrons. The Kier molecular flexibility index (Phi) is 1.52. The summed E-state index contributed by atoms with van der Waals surface area (Å²) in [5.74, 6) is 4.14. The van der Waals surface area contributed by atoms with E-state index in [1.54, 1.807) is 0 Å². The summed E-state index contributed by atoms with van der Waals surface area (Å²) in [6.07, 6.45) is 6.46. The minimum Gasteiger partial charge on any atom is -0.378 e. The molecular weight excluding hydrogens is 148 g/mol. The van der Waals surface area contributed by atoms with E-state index in [4.69, 9.17) is 4.74 Å². The van der Waals surface area contributed by atoms with Crippen LogP contribution in [0.4, 0.5) is 0 Å². The van der Waals surface area contributed by atoms with Gasteiger partial charge in [0.2, 0.25) is 0 Å². The van der Waals surface area contributed by atoms with E-state index >= 15 is 0 Å². The van der Waals surface area contributed by atoms with Crippen LogP contribution < -0.4 is 0 Å². The van der Waals surface area contributed by atoms with Gasteiger partial charge in [-0.05, 0) is 56.3 Å². The lowest BCUT2D eigenvalue weighted by atomic mass is 9.75. The molecule has 0 aromatic heterocycles. The highest BCUT2D eigenvalue weighted by molar-refractivity contribution is 4.98. The van der Waals surface area contributed by atoms with Crippen molar-refractivity contribution in [2.45, 2.75) is 38.7 Å². The molecule has 3 rings (SSSR count). The van der Waals surface area contributed by atoms with Crippen molar-refractivity contribution < 1.29 is 4.74 Å². The van der Waals surface area contributed by atoms with Crippen molar-refractivity contribution in [2.24, 2.45) is 23.7 Å². The quantitative estimate of drug-likeness (QED) is 0.537. The van der Waals surface area contributed by atoms with Crippen LogP contribution in [0.1, 0.15) is 32.6 Å². The van der Waals surface area contributed by atoms with Gasteiger partial charge in [0.05, 0.1) is 12.7 Å². The summed E-state index contributed by atoms with van der Waals surface area (Å²) in [4.78, 5) is 0. The van der Waals surface area contributed by atoms with Crippen molar-refractivity contribution in [1.82, 2.24) is 0 Å². The predicted molar refractivity (Wildman–Crippen MR) is 47.8 cm³/mol. The van der Waals surface area contributed by atoms with Gasteiger partial charge in [0.25, 0.3) is 0 Å². The van der Waals surface area contributed by atoms with E-state index in [0.717, 1.165) is 30.3 Å². The van der Waals surface area contributed by atoms with E-state index in [2.05, 4.69) is 6.92 Å². The van der Waals surface area contributed by atoms with Crippen LogP contribution >= 0.6 is 0 Å². The summed E-state index contributed by atoms with van der Waals surface area (Å²) >= 11 is 0. The van der Waals surface area contributed by atoms with Gasteiger partial charge in [-0.3, -0.25) is 0 Å². The Balaban J connectivity index is 1.81. The molecule has 5 atom stereocenters. The van der Waals surface area contributed by atoms with E-state index in [0.29, 0.717) is 6.10 Å². The van der Waals surface area contributed by atoms with Crippen LogP contribution in [-0.4, -0.2) is 12.7 Å². The van der Waals surface area contributed by atoms with Crippen LogP contribution in [0.2, 0.25) is 0 Å². The van der Waals surface area contributed by atoms with Crippen LogP contribution in [0.15, 0.2) is 0 Å². The molecule has 0 aromatic rings. The van der Waals surface area contributed by atoms with Gasteiger partial charge in [0, 0.05) is 0 Å². The van der Waals surface area contributed by atoms with Crippen LogP contribution in [0, 0.1) is 23.7 Å². The predicted octanol–water partition coefficient (Wildman–Crippen LogP) is 2.46. The Morgan fingerprint density at radius 3 is 2.58 bits per heavy atom. The van der Waals surface area contributed by atoms with Crippen LogP contribution in [0.5, 0.6) is 0 Å². The Morgan fingerprint density at radius 1 is 1.00 bits per heavy atom. The van der Waals surface area contributed by atoms with Gasteiger partial charge in [-0.25, -0.2) is 0 Å². The zero-order chi connectivity index (χ0) is 8.13. The first kappa shape index (κ1) is 7.37. The number of hydrogen-bond acceptors (Lipinski definition) is 1. The van der Waals surface area contributed by atoms with Gasteiger partial charge in [-0.1, -0.05) is 0 Å². The van der Waals surface area contributed by atoms with Gasteiger partial charge < -0.3 is 4.74 Å². The first-order valence-electron chi connectivity index (χ1n) is 5.46. The van der Waals surface area contributed by atoms with Crippen molar-refractivity contribution in [2.75, 3.05) is 6.61 Å². The summed E-state index contributed by atoms with van der Waals surface area (Å²) in [5.41, 5.74) is 0. The van der Waals surface area contributed by atoms with Crippen LogP contribution in [0.25, 0.3) is 0 Å². The topological polar surface area (TPSA) is 9.23 Å². The average molecular weight is 166 g/mol. The summed E-state index contributed by atoms with van der Waals surface area (Å²) in [5, 5.41) is 0. The molecule has 2 bridgehead atoms. The minimum absolute atomic E-state index is 0.547. The second kappa shape index (κ2) is 2.47. The van der Waals surface area contributed by atoms with Crippen LogP contribution in [-0.2, 0) is 4.74 Å². The van der Waals surface area contributed by atoms with E-state index in [1.165, 1.54) is 25.7 Å². The molecule has 1 aliphatic heterocycles. The lowest BCUT2D eigenvalue weighted by Gasteiger charge is -2.37. The second-order valence-corrected chi connectivity index (χ2v) is 5.04. The molecule has 0 radical (unpaired) electrons. The van der Waals surface area contributed by atoms with Crippen molar-refractivity contribution in [1.29, 1.82) is 0 Å². The molecule has 1 nitrogen and oxygen atoms in total. The molecule has 3 fully saturated rings. The molecule has 12 heavy (non-hydrogen) atoms. The number of rotatable bonds is 0. The zero-order valence-corrected chi connectivity index (χ0v) is 7.83. The summed E-state index contributed by atoms with van der Waals surface area (Å²) in [6, 6.07) is 0. The maximum atomic E-state index is 5.74. The van der Waals surface area contributed by atoms with E-state index in [9.17, 15) is 0 Å². The molecule has 0 amide bonds. The third-order valence-corrected chi connectivity index (χ3v) is 4.45. The largest absolute Gasteiger partial charge is 0.378 e. The zero-order valence-electron chi connectivity index (χ0n) is 7.83. The molecule has 0 N–H and O–H groups in total. The number of ether oxygens (including phenoxy) is 1. The van der Waals surface area contributed by atoms with Gasteiger partial charge >= 0.3 is 0 Å². The second-order valence-electron chi connectivity index (χ2n) is 5.04. The Morgan fingerprint density at radius 2 is 1.75 bits per heavy atom. The highest BCUT2D eigenvalue weighted by atomic mass is 16.5. The fourth-order valence-electron chi connectivity index (χ4n) is 3.88. The fourth-order valence-corrected chi connectivity index (χ4v) is 3.88. The van der Waals surface area contributed by atoms with E-state index < -0.39 is 0 Å².